The molecule has 2 aromatic heterocycles. The summed E-state index contributed by atoms with van der Waals surface area (Å²) in [6.07, 6.45) is 12.3. The molecule has 4 rings (SSSR count). The highest BCUT2D eigenvalue weighted by Gasteiger charge is 2.11. The lowest BCUT2D eigenvalue weighted by molar-refractivity contribution is 0.608. The Morgan fingerprint density at radius 1 is 0.821 bits per heavy atom. The first-order valence-corrected chi connectivity index (χ1v) is 15.0. The smallest absolute Gasteiger partial charge is 0.277 e. The Morgan fingerprint density at radius 3 is 2.28 bits per heavy atom. The van der Waals surface area contributed by atoms with E-state index < -0.39 is 0 Å². The van der Waals surface area contributed by atoms with E-state index in [1.807, 2.05) is 42.6 Å². The maximum absolute atomic E-state index is 12.9. The van der Waals surface area contributed by atoms with Crippen LogP contribution in [0.4, 0.5) is 0 Å². The molecule has 0 atom stereocenters. The molecular weight excluding hydrogens is 526 g/mol. The average Bonchev–Trinajstić information content (AvgIpc) is 2.93. The van der Waals surface area contributed by atoms with Crippen molar-refractivity contribution in [1.29, 1.82) is 0 Å². The van der Waals surface area contributed by atoms with Gasteiger partial charge in [0.1, 0.15) is 0 Å². The number of halogens is 1. The molecule has 0 unspecified atom stereocenters. The maximum Gasteiger partial charge on any atom is 0.277 e. The summed E-state index contributed by atoms with van der Waals surface area (Å²) in [5.74, 6) is 0.931. The van der Waals surface area contributed by atoms with Crippen molar-refractivity contribution in [2.24, 2.45) is 7.05 Å². The quantitative estimate of drug-likeness (QED) is 0.0953. The van der Waals surface area contributed by atoms with Gasteiger partial charge in [-0.1, -0.05) is 91.5 Å². The van der Waals surface area contributed by atoms with Crippen molar-refractivity contribution in [3.8, 4) is 0 Å². The standard InChI is InChI=1S/C32H36ClN3O2S/c1-35-19-18-27(22-30(35)37)21-28-24-36(23-26-12-8-6-9-13-26)32(34-31(28)38)39-20-10-5-3-2-4-7-11-25-14-16-29(33)17-15-25/h6,8-9,12-19,22,24H,2-5,7,10-11,20-21,23H2,1H3. The molecule has 4 aromatic rings. The molecule has 5 nitrogen and oxygen atoms in total. The van der Waals surface area contributed by atoms with Gasteiger partial charge in [0.25, 0.3) is 11.1 Å². The molecule has 0 N–H and O–H groups in total. The van der Waals surface area contributed by atoms with Crippen LogP contribution >= 0.6 is 23.4 Å². The van der Waals surface area contributed by atoms with Gasteiger partial charge in [-0.25, -0.2) is 0 Å². The zero-order valence-electron chi connectivity index (χ0n) is 22.5. The van der Waals surface area contributed by atoms with Crippen LogP contribution in [0, 0.1) is 0 Å². The predicted molar refractivity (Wildman–Crippen MR) is 162 cm³/mol. The minimum Gasteiger partial charge on any atom is -0.323 e. The molecule has 204 valence electrons. The van der Waals surface area contributed by atoms with E-state index in [1.54, 1.807) is 31.1 Å². The Bertz CT molecular complexity index is 1450. The minimum atomic E-state index is -0.219. The average molecular weight is 562 g/mol. The Kier molecular flexibility index (Phi) is 11.0. The fourth-order valence-corrected chi connectivity index (χ4v) is 5.61. The van der Waals surface area contributed by atoms with Gasteiger partial charge in [0.05, 0.1) is 0 Å². The first-order valence-electron chi connectivity index (χ1n) is 13.6. The Morgan fingerprint density at radius 2 is 1.54 bits per heavy atom. The summed E-state index contributed by atoms with van der Waals surface area (Å²) in [6, 6.07) is 21.8. The van der Waals surface area contributed by atoms with Crippen molar-refractivity contribution in [2.45, 2.75) is 63.1 Å². The second-order valence-corrected chi connectivity index (χ2v) is 11.5. The molecular formula is C32H36ClN3O2S. The molecule has 2 aromatic carbocycles. The van der Waals surface area contributed by atoms with E-state index >= 15 is 0 Å². The number of unbranched alkanes of at least 4 members (excludes halogenated alkanes) is 5. The summed E-state index contributed by atoms with van der Waals surface area (Å²) < 4.78 is 3.60. The number of pyridine rings is 1. The van der Waals surface area contributed by atoms with Crippen LogP contribution in [0.5, 0.6) is 0 Å². The summed E-state index contributed by atoms with van der Waals surface area (Å²) >= 11 is 7.62. The molecule has 0 saturated carbocycles. The van der Waals surface area contributed by atoms with Crippen molar-refractivity contribution in [2.75, 3.05) is 5.75 Å². The van der Waals surface area contributed by atoms with Gasteiger partial charge >= 0.3 is 0 Å². The third-order valence-electron chi connectivity index (χ3n) is 6.79. The molecule has 0 radical (unpaired) electrons. The lowest BCUT2D eigenvalue weighted by Crippen LogP contribution is -2.21. The van der Waals surface area contributed by atoms with E-state index in [0.717, 1.165) is 39.9 Å². The Hall–Kier alpha value is -3.09. The number of aryl methyl sites for hydroxylation is 2. The second-order valence-electron chi connectivity index (χ2n) is 9.97. The molecule has 39 heavy (non-hydrogen) atoms. The molecule has 0 fully saturated rings. The van der Waals surface area contributed by atoms with E-state index in [2.05, 4.69) is 33.8 Å². The number of hydrogen-bond acceptors (Lipinski definition) is 4. The molecule has 2 heterocycles. The van der Waals surface area contributed by atoms with Crippen molar-refractivity contribution in [3.63, 3.8) is 0 Å². The fourth-order valence-electron chi connectivity index (χ4n) is 4.52. The highest BCUT2D eigenvalue weighted by Crippen LogP contribution is 2.20. The zero-order chi connectivity index (χ0) is 27.5. The second kappa shape index (κ2) is 14.9. The number of benzene rings is 2. The summed E-state index contributed by atoms with van der Waals surface area (Å²) in [6.45, 7) is 0.646. The van der Waals surface area contributed by atoms with Crippen LogP contribution in [0.1, 0.15) is 60.8 Å². The first-order chi connectivity index (χ1) is 19.0. The van der Waals surface area contributed by atoms with Crippen LogP contribution < -0.4 is 11.1 Å². The molecule has 0 bridgehead atoms. The normalized spacial score (nSPS) is 11.1. The van der Waals surface area contributed by atoms with E-state index in [4.69, 9.17) is 11.6 Å². The maximum atomic E-state index is 12.9. The van der Waals surface area contributed by atoms with Gasteiger partial charge in [0.2, 0.25) is 0 Å². The van der Waals surface area contributed by atoms with Gasteiger partial charge in [-0.05, 0) is 54.2 Å². The van der Waals surface area contributed by atoms with Crippen molar-refractivity contribution in [3.05, 3.63) is 127 Å². The van der Waals surface area contributed by atoms with E-state index in [0.29, 0.717) is 18.5 Å². The summed E-state index contributed by atoms with van der Waals surface area (Å²) in [5, 5.41) is 1.54. The minimum absolute atomic E-state index is 0.0844. The van der Waals surface area contributed by atoms with E-state index in [-0.39, 0.29) is 11.1 Å². The van der Waals surface area contributed by atoms with Crippen LogP contribution in [0.15, 0.2) is 93.9 Å². The van der Waals surface area contributed by atoms with Crippen LogP contribution in [0.25, 0.3) is 0 Å². The monoisotopic (exact) mass is 561 g/mol. The van der Waals surface area contributed by atoms with E-state index in [9.17, 15) is 9.59 Å². The predicted octanol–water partition coefficient (Wildman–Crippen LogP) is 6.91. The number of hydrogen-bond donors (Lipinski definition) is 0. The van der Waals surface area contributed by atoms with Crippen molar-refractivity contribution < 1.29 is 0 Å². The highest BCUT2D eigenvalue weighted by molar-refractivity contribution is 7.99. The molecule has 0 aliphatic rings. The fraction of sp³-hybridized carbons (Fsp3) is 0.344. The van der Waals surface area contributed by atoms with Crippen LogP contribution in [0.3, 0.4) is 0 Å². The molecule has 0 saturated heterocycles. The molecule has 0 aliphatic carbocycles. The number of rotatable bonds is 14. The van der Waals surface area contributed by atoms with Gasteiger partial charge in [-0.15, -0.1) is 0 Å². The van der Waals surface area contributed by atoms with Crippen molar-refractivity contribution in [1.82, 2.24) is 14.1 Å². The Balaban J connectivity index is 1.30. The van der Waals surface area contributed by atoms with Crippen LogP contribution in [-0.2, 0) is 26.4 Å². The van der Waals surface area contributed by atoms with Gasteiger partial charge in [0.15, 0.2) is 5.16 Å². The largest absolute Gasteiger partial charge is 0.323 e. The lowest BCUT2D eigenvalue weighted by Gasteiger charge is -2.14. The lowest BCUT2D eigenvalue weighted by atomic mass is 10.1. The van der Waals surface area contributed by atoms with Gasteiger partial charge in [-0.3, -0.25) is 9.59 Å². The van der Waals surface area contributed by atoms with Gasteiger partial charge in [-0.2, -0.15) is 4.98 Å². The molecule has 0 spiro atoms. The highest BCUT2D eigenvalue weighted by atomic mass is 35.5. The number of aromatic nitrogens is 3. The third kappa shape index (κ3) is 9.26. The number of nitrogens with zero attached hydrogens (tertiary/aromatic N) is 3. The SMILES string of the molecule is Cn1ccc(Cc2cn(Cc3ccccc3)c(SCCCCCCCCc3ccc(Cl)cc3)nc2=O)cc1=O. The van der Waals surface area contributed by atoms with E-state index in [1.165, 1.54) is 42.2 Å². The molecule has 0 aliphatic heterocycles. The summed E-state index contributed by atoms with van der Waals surface area (Å²) in [5.41, 5.74) is 3.62. The first kappa shape index (κ1) is 28.9. The third-order valence-corrected chi connectivity index (χ3v) is 8.12. The topological polar surface area (TPSA) is 56.9 Å². The number of thioether (sulfide) groups is 1. The zero-order valence-corrected chi connectivity index (χ0v) is 24.1. The van der Waals surface area contributed by atoms with Gasteiger partial charge < -0.3 is 9.13 Å². The Labute approximate surface area is 239 Å². The summed E-state index contributed by atoms with van der Waals surface area (Å²) in [4.78, 5) is 29.5. The van der Waals surface area contributed by atoms with Crippen LogP contribution in [-0.4, -0.2) is 19.9 Å². The van der Waals surface area contributed by atoms with Crippen molar-refractivity contribution >= 4 is 23.4 Å². The van der Waals surface area contributed by atoms with Gasteiger partial charge in [0, 0.05) is 54.8 Å². The summed E-state index contributed by atoms with van der Waals surface area (Å²) in [7, 11) is 1.72. The molecule has 0 amide bonds. The van der Waals surface area contributed by atoms with Crippen LogP contribution in [0.2, 0.25) is 5.02 Å². The molecule has 7 heteroatoms.